The smallest absolute Gasteiger partial charge is 0.385 e. The minimum Gasteiger partial charge on any atom is -0.385 e. The standard InChI is InChI=1S/C15H19F3O/c1-10-8-13(2,3)9-14(10,19)11-6-4-5-7-12(11)15(16,17)18/h4-7,10,19H,8-9H2,1-3H3. The first-order valence-electron chi connectivity index (χ1n) is 6.45. The van der Waals surface area contributed by atoms with Gasteiger partial charge in [0.1, 0.15) is 0 Å². The first-order chi connectivity index (χ1) is 8.56. The Morgan fingerprint density at radius 3 is 2.26 bits per heavy atom. The maximum Gasteiger partial charge on any atom is 0.416 e. The van der Waals surface area contributed by atoms with E-state index in [1.165, 1.54) is 12.1 Å². The molecule has 0 aliphatic heterocycles. The van der Waals surface area contributed by atoms with E-state index >= 15 is 0 Å². The molecule has 1 aromatic rings. The van der Waals surface area contributed by atoms with Gasteiger partial charge in [-0.3, -0.25) is 0 Å². The van der Waals surface area contributed by atoms with E-state index in [-0.39, 0.29) is 16.9 Å². The van der Waals surface area contributed by atoms with Gasteiger partial charge in [0, 0.05) is 0 Å². The number of rotatable bonds is 1. The summed E-state index contributed by atoms with van der Waals surface area (Å²) < 4.78 is 39.2. The van der Waals surface area contributed by atoms with Crippen LogP contribution in [0.4, 0.5) is 13.2 Å². The van der Waals surface area contributed by atoms with Gasteiger partial charge >= 0.3 is 6.18 Å². The third kappa shape index (κ3) is 2.50. The average Bonchev–Trinajstić information content (AvgIpc) is 2.47. The van der Waals surface area contributed by atoms with Crippen LogP contribution in [-0.4, -0.2) is 5.11 Å². The Hall–Kier alpha value is -1.03. The Labute approximate surface area is 111 Å². The van der Waals surface area contributed by atoms with Crippen LogP contribution >= 0.6 is 0 Å². The number of hydrogen-bond acceptors (Lipinski definition) is 1. The summed E-state index contributed by atoms with van der Waals surface area (Å²) >= 11 is 0. The van der Waals surface area contributed by atoms with Crippen molar-refractivity contribution in [2.24, 2.45) is 11.3 Å². The lowest BCUT2D eigenvalue weighted by atomic mass is 9.81. The first kappa shape index (κ1) is 14.4. The summed E-state index contributed by atoms with van der Waals surface area (Å²) in [6, 6.07) is 5.37. The largest absolute Gasteiger partial charge is 0.416 e. The van der Waals surface area contributed by atoms with Crippen LogP contribution in [-0.2, 0) is 11.8 Å². The van der Waals surface area contributed by atoms with Crippen LogP contribution in [0.2, 0.25) is 0 Å². The topological polar surface area (TPSA) is 20.2 Å². The summed E-state index contributed by atoms with van der Waals surface area (Å²) in [6.07, 6.45) is -3.36. The fourth-order valence-corrected chi connectivity index (χ4v) is 3.44. The summed E-state index contributed by atoms with van der Waals surface area (Å²) in [5.74, 6) is -0.189. The predicted molar refractivity (Wildman–Crippen MR) is 67.5 cm³/mol. The monoisotopic (exact) mass is 272 g/mol. The second-order valence-corrected chi connectivity index (χ2v) is 6.41. The fourth-order valence-electron chi connectivity index (χ4n) is 3.44. The highest BCUT2D eigenvalue weighted by Gasteiger charge is 2.51. The molecule has 2 atom stereocenters. The molecule has 1 nitrogen and oxygen atoms in total. The number of halogens is 3. The number of benzene rings is 1. The second-order valence-electron chi connectivity index (χ2n) is 6.41. The van der Waals surface area contributed by atoms with Gasteiger partial charge in [-0.1, -0.05) is 39.0 Å². The minimum atomic E-state index is -4.43. The molecule has 0 radical (unpaired) electrons. The maximum absolute atomic E-state index is 13.1. The van der Waals surface area contributed by atoms with Crippen molar-refractivity contribution in [1.29, 1.82) is 0 Å². The summed E-state index contributed by atoms with van der Waals surface area (Å²) in [4.78, 5) is 0. The van der Waals surface area contributed by atoms with Gasteiger partial charge in [-0.2, -0.15) is 13.2 Å². The summed E-state index contributed by atoms with van der Waals surface area (Å²) in [6.45, 7) is 5.79. The van der Waals surface area contributed by atoms with Gasteiger partial charge in [0.25, 0.3) is 0 Å². The van der Waals surface area contributed by atoms with Gasteiger partial charge in [-0.05, 0) is 35.8 Å². The Morgan fingerprint density at radius 1 is 1.21 bits per heavy atom. The van der Waals surface area contributed by atoms with Crippen LogP contribution in [0.1, 0.15) is 44.7 Å². The van der Waals surface area contributed by atoms with E-state index in [1.54, 1.807) is 6.07 Å². The van der Waals surface area contributed by atoms with Crippen LogP contribution < -0.4 is 0 Å². The van der Waals surface area contributed by atoms with Crippen molar-refractivity contribution in [3.8, 4) is 0 Å². The second kappa shape index (κ2) is 4.23. The van der Waals surface area contributed by atoms with Gasteiger partial charge in [0.05, 0.1) is 11.2 Å². The summed E-state index contributed by atoms with van der Waals surface area (Å²) in [5.41, 5.74) is -2.25. The molecule has 2 rings (SSSR count). The maximum atomic E-state index is 13.1. The Kier molecular flexibility index (Phi) is 3.21. The quantitative estimate of drug-likeness (QED) is 0.806. The molecule has 2 unspecified atom stereocenters. The van der Waals surface area contributed by atoms with Crippen LogP contribution in [0.15, 0.2) is 24.3 Å². The van der Waals surface area contributed by atoms with Gasteiger partial charge in [0.2, 0.25) is 0 Å². The highest BCUT2D eigenvalue weighted by atomic mass is 19.4. The molecule has 0 amide bonds. The van der Waals surface area contributed by atoms with Crippen molar-refractivity contribution in [3.05, 3.63) is 35.4 Å². The fraction of sp³-hybridized carbons (Fsp3) is 0.600. The lowest BCUT2D eigenvalue weighted by Gasteiger charge is -2.31. The molecular formula is C15H19F3O. The molecule has 1 aliphatic rings. The molecule has 1 aliphatic carbocycles. The van der Waals surface area contributed by atoms with E-state index < -0.39 is 17.3 Å². The highest BCUT2D eigenvalue weighted by molar-refractivity contribution is 5.36. The van der Waals surface area contributed by atoms with Gasteiger partial charge in [-0.15, -0.1) is 0 Å². The molecule has 1 fully saturated rings. The molecule has 0 bridgehead atoms. The predicted octanol–water partition coefficient (Wildman–Crippen LogP) is 4.35. The molecule has 1 N–H and O–H groups in total. The molecule has 0 saturated heterocycles. The zero-order valence-electron chi connectivity index (χ0n) is 11.4. The molecular weight excluding hydrogens is 253 g/mol. The Bertz CT molecular complexity index is 479. The zero-order chi connectivity index (χ0) is 14.5. The third-order valence-electron chi connectivity index (χ3n) is 4.12. The molecule has 19 heavy (non-hydrogen) atoms. The number of aliphatic hydroxyl groups is 1. The normalized spacial score (nSPS) is 30.6. The number of hydrogen-bond donors (Lipinski definition) is 1. The van der Waals surface area contributed by atoms with E-state index in [2.05, 4.69) is 0 Å². The number of alkyl halides is 3. The van der Waals surface area contributed by atoms with Crippen molar-refractivity contribution in [2.45, 2.75) is 45.4 Å². The molecule has 0 spiro atoms. The third-order valence-corrected chi connectivity index (χ3v) is 4.12. The lowest BCUT2D eigenvalue weighted by Crippen LogP contribution is -2.32. The molecule has 1 aromatic carbocycles. The van der Waals surface area contributed by atoms with Crippen molar-refractivity contribution in [1.82, 2.24) is 0 Å². The van der Waals surface area contributed by atoms with E-state index in [0.717, 1.165) is 12.5 Å². The van der Waals surface area contributed by atoms with Crippen molar-refractivity contribution in [3.63, 3.8) is 0 Å². The van der Waals surface area contributed by atoms with E-state index in [0.29, 0.717) is 6.42 Å². The summed E-state index contributed by atoms with van der Waals surface area (Å²) in [7, 11) is 0. The van der Waals surface area contributed by atoms with Crippen LogP contribution in [0.5, 0.6) is 0 Å². The molecule has 0 heterocycles. The van der Waals surface area contributed by atoms with E-state index in [9.17, 15) is 18.3 Å². The lowest BCUT2D eigenvalue weighted by molar-refractivity contribution is -0.141. The van der Waals surface area contributed by atoms with E-state index in [1.807, 2.05) is 20.8 Å². The van der Waals surface area contributed by atoms with Gasteiger partial charge < -0.3 is 5.11 Å². The molecule has 1 saturated carbocycles. The van der Waals surface area contributed by atoms with Crippen molar-refractivity contribution < 1.29 is 18.3 Å². The SMILES string of the molecule is CC1CC(C)(C)CC1(O)c1ccccc1C(F)(F)F. The van der Waals surface area contributed by atoms with Gasteiger partial charge in [-0.25, -0.2) is 0 Å². The molecule has 0 aromatic heterocycles. The van der Waals surface area contributed by atoms with Crippen molar-refractivity contribution >= 4 is 0 Å². The van der Waals surface area contributed by atoms with Crippen LogP contribution in [0, 0.1) is 11.3 Å². The molecule has 106 valence electrons. The summed E-state index contributed by atoms with van der Waals surface area (Å²) in [5, 5.41) is 10.8. The van der Waals surface area contributed by atoms with Crippen LogP contribution in [0.3, 0.4) is 0 Å². The van der Waals surface area contributed by atoms with Crippen molar-refractivity contribution in [2.75, 3.05) is 0 Å². The average molecular weight is 272 g/mol. The highest BCUT2D eigenvalue weighted by Crippen LogP contribution is 2.54. The first-order valence-corrected chi connectivity index (χ1v) is 6.45. The van der Waals surface area contributed by atoms with E-state index in [4.69, 9.17) is 0 Å². The Morgan fingerprint density at radius 2 is 1.79 bits per heavy atom. The van der Waals surface area contributed by atoms with Gasteiger partial charge in [0.15, 0.2) is 0 Å². The molecule has 4 heteroatoms. The Balaban J connectivity index is 2.54. The zero-order valence-corrected chi connectivity index (χ0v) is 11.4. The minimum absolute atomic E-state index is 0.0144. The van der Waals surface area contributed by atoms with Crippen LogP contribution in [0.25, 0.3) is 0 Å².